The van der Waals surface area contributed by atoms with Crippen LogP contribution in [-0.2, 0) is 16.0 Å². The van der Waals surface area contributed by atoms with Crippen molar-refractivity contribution >= 4 is 23.4 Å². The van der Waals surface area contributed by atoms with Gasteiger partial charge < -0.3 is 25.7 Å². The van der Waals surface area contributed by atoms with Gasteiger partial charge in [-0.1, -0.05) is 6.07 Å². The highest BCUT2D eigenvalue weighted by Gasteiger charge is 2.37. The number of pyridine rings is 1. The van der Waals surface area contributed by atoms with Gasteiger partial charge >= 0.3 is 0 Å². The highest BCUT2D eigenvalue weighted by atomic mass is 16.5. The highest BCUT2D eigenvalue weighted by Crippen LogP contribution is 2.35. The first kappa shape index (κ1) is 21.6. The molecule has 32 heavy (non-hydrogen) atoms. The van der Waals surface area contributed by atoms with Gasteiger partial charge in [0, 0.05) is 18.7 Å². The fourth-order valence-electron chi connectivity index (χ4n) is 4.49. The molecule has 0 radical (unpaired) electrons. The molecular formula is C23H26N4O5. The number of aryl methyl sites for hydroxylation is 2. The average Bonchev–Trinajstić information content (AvgIpc) is 3.14. The second-order valence-corrected chi connectivity index (χ2v) is 8.34. The minimum absolute atomic E-state index is 0.0979. The van der Waals surface area contributed by atoms with Crippen molar-refractivity contribution in [1.82, 2.24) is 10.3 Å². The van der Waals surface area contributed by atoms with E-state index >= 15 is 0 Å². The zero-order valence-corrected chi connectivity index (χ0v) is 18.1. The Morgan fingerprint density at radius 2 is 2.03 bits per heavy atom. The SMILES string of the molecule is COc1ccc(C)cc1N1C[C@@H](C(=O)N[C@H]2CCCc3[nH]c(=O)c(C(N)=O)cc32)CC1=O. The van der Waals surface area contributed by atoms with Gasteiger partial charge in [-0.25, -0.2) is 0 Å². The van der Waals surface area contributed by atoms with Crippen LogP contribution in [0.4, 0.5) is 5.69 Å². The molecule has 0 unspecified atom stereocenters. The van der Waals surface area contributed by atoms with Crippen LogP contribution in [0.5, 0.6) is 5.75 Å². The number of hydrogen-bond acceptors (Lipinski definition) is 5. The molecule has 0 saturated carbocycles. The Kier molecular flexibility index (Phi) is 5.73. The summed E-state index contributed by atoms with van der Waals surface area (Å²) >= 11 is 0. The number of benzene rings is 1. The van der Waals surface area contributed by atoms with E-state index in [9.17, 15) is 19.2 Å². The van der Waals surface area contributed by atoms with Gasteiger partial charge in [-0.2, -0.15) is 0 Å². The van der Waals surface area contributed by atoms with E-state index in [-0.39, 0.29) is 36.4 Å². The Balaban J connectivity index is 1.53. The maximum atomic E-state index is 13.1. The molecule has 1 aromatic heterocycles. The van der Waals surface area contributed by atoms with Crippen LogP contribution in [0.3, 0.4) is 0 Å². The average molecular weight is 438 g/mol. The van der Waals surface area contributed by atoms with Crippen LogP contribution in [0.15, 0.2) is 29.1 Å². The first-order chi connectivity index (χ1) is 15.3. The molecule has 168 valence electrons. The van der Waals surface area contributed by atoms with Crippen LogP contribution >= 0.6 is 0 Å². The number of anilines is 1. The zero-order chi connectivity index (χ0) is 23.0. The lowest BCUT2D eigenvalue weighted by molar-refractivity contribution is -0.127. The Bertz CT molecular complexity index is 1160. The minimum Gasteiger partial charge on any atom is -0.495 e. The molecular weight excluding hydrogens is 412 g/mol. The number of methoxy groups -OCH3 is 1. The number of ether oxygens (including phenoxy) is 1. The monoisotopic (exact) mass is 438 g/mol. The van der Waals surface area contributed by atoms with Crippen LogP contribution < -0.4 is 26.2 Å². The Labute approximate surface area is 184 Å². The molecule has 1 aliphatic carbocycles. The molecule has 0 bridgehead atoms. The topological polar surface area (TPSA) is 135 Å². The number of H-pyrrole nitrogens is 1. The predicted molar refractivity (Wildman–Crippen MR) is 118 cm³/mol. The zero-order valence-electron chi connectivity index (χ0n) is 18.1. The lowest BCUT2D eigenvalue weighted by atomic mass is 9.89. The minimum atomic E-state index is -0.811. The standard InChI is InChI=1S/C23H26N4O5/c1-12-6-7-19(32-2)18(8-12)27-11-13(9-20(27)28)22(30)25-16-4-3-5-17-14(16)10-15(21(24)29)23(31)26-17/h6-8,10,13,16H,3-5,9,11H2,1-2H3,(H2,24,29)(H,25,30)(H,26,31)/t13-,16-/m0/s1. The summed E-state index contributed by atoms with van der Waals surface area (Å²) in [7, 11) is 1.55. The summed E-state index contributed by atoms with van der Waals surface area (Å²) in [5.41, 5.74) is 7.70. The Morgan fingerprint density at radius 3 is 2.75 bits per heavy atom. The first-order valence-corrected chi connectivity index (χ1v) is 10.6. The fraction of sp³-hybridized carbons (Fsp3) is 0.391. The van der Waals surface area contributed by atoms with Crippen LogP contribution in [0.25, 0.3) is 0 Å². The lowest BCUT2D eigenvalue weighted by Gasteiger charge is -2.27. The summed E-state index contributed by atoms with van der Waals surface area (Å²) in [4.78, 5) is 53.7. The lowest BCUT2D eigenvalue weighted by Crippen LogP contribution is -2.38. The third-order valence-electron chi connectivity index (χ3n) is 6.16. The normalized spacial score (nSPS) is 20.1. The molecule has 2 aromatic rings. The molecule has 4 N–H and O–H groups in total. The molecule has 3 amide bonds. The number of rotatable bonds is 5. The van der Waals surface area contributed by atoms with Gasteiger partial charge in [-0.15, -0.1) is 0 Å². The van der Waals surface area contributed by atoms with E-state index in [0.717, 1.165) is 12.0 Å². The molecule has 1 aromatic carbocycles. The summed E-state index contributed by atoms with van der Waals surface area (Å²) < 4.78 is 5.40. The molecule has 2 aliphatic rings. The maximum Gasteiger partial charge on any atom is 0.261 e. The number of nitrogens with zero attached hydrogens (tertiary/aromatic N) is 1. The number of primary amides is 1. The third kappa shape index (κ3) is 3.98. The second-order valence-electron chi connectivity index (χ2n) is 8.34. The van der Waals surface area contributed by atoms with Gasteiger partial charge in [0.15, 0.2) is 0 Å². The molecule has 9 heteroatoms. The molecule has 1 fully saturated rings. The number of nitrogens with one attached hydrogen (secondary N) is 2. The molecule has 0 spiro atoms. The number of aromatic amines is 1. The number of nitrogens with two attached hydrogens (primary N) is 1. The van der Waals surface area contributed by atoms with Crippen molar-refractivity contribution in [2.45, 2.75) is 38.6 Å². The molecule has 1 aliphatic heterocycles. The molecule has 1 saturated heterocycles. The maximum absolute atomic E-state index is 13.1. The molecule has 2 atom stereocenters. The van der Waals surface area contributed by atoms with Gasteiger partial charge in [0.05, 0.1) is 24.8 Å². The summed E-state index contributed by atoms with van der Waals surface area (Å²) in [5.74, 6) is -1.13. The van der Waals surface area contributed by atoms with E-state index in [1.807, 2.05) is 19.1 Å². The van der Waals surface area contributed by atoms with E-state index in [1.165, 1.54) is 6.07 Å². The highest BCUT2D eigenvalue weighted by molar-refractivity contribution is 6.01. The number of fused-ring (bicyclic) bond motifs is 1. The number of hydrogen-bond donors (Lipinski definition) is 3. The van der Waals surface area contributed by atoms with Crippen molar-refractivity contribution in [2.24, 2.45) is 11.7 Å². The summed E-state index contributed by atoms with van der Waals surface area (Å²) in [6.45, 7) is 2.18. The van der Waals surface area contributed by atoms with Gasteiger partial charge in [0.2, 0.25) is 11.8 Å². The number of amides is 3. The molecule has 9 nitrogen and oxygen atoms in total. The number of carbonyl (C=O) groups is 3. The van der Waals surface area contributed by atoms with Crippen molar-refractivity contribution < 1.29 is 19.1 Å². The number of aromatic nitrogens is 1. The predicted octanol–water partition coefficient (Wildman–Crippen LogP) is 1.34. The van der Waals surface area contributed by atoms with Gasteiger partial charge in [0.1, 0.15) is 11.3 Å². The molecule has 4 rings (SSSR count). The summed E-state index contributed by atoms with van der Waals surface area (Å²) in [5, 5.41) is 3.01. The van der Waals surface area contributed by atoms with E-state index in [1.54, 1.807) is 18.1 Å². The Hall–Kier alpha value is -3.62. The van der Waals surface area contributed by atoms with Crippen molar-refractivity contribution in [3.05, 3.63) is 57.0 Å². The van der Waals surface area contributed by atoms with Crippen LogP contribution in [-0.4, -0.2) is 36.4 Å². The Morgan fingerprint density at radius 1 is 1.25 bits per heavy atom. The van der Waals surface area contributed by atoms with Gasteiger partial charge in [0.25, 0.3) is 11.5 Å². The largest absolute Gasteiger partial charge is 0.495 e. The van der Waals surface area contributed by atoms with Gasteiger partial charge in [-0.05, 0) is 55.5 Å². The van der Waals surface area contributed by atoms with Crippen molar-refractivity contribution in [3.8, 4) is 5.75 Å². The third-order valence-corrected chi connectivity index (χ3v) is 6.16. The summed E-state index contributed by atoms with van der Waals surface area (Å²) in [6, 6.07) is 6.69. The molecule has 2 heterocycles. The first-order valence-electron chi connectivity index (χ1n) is 10.6. The van der Waals surface area contributed by atoms with E-state index < -0.39 is 17.4 Å². The summed E-state index contributed by atoms with van der Waals surface area (Å²) in [6.07, 6.45) is 2.19. The smallest absolute Gasteiger partial charge is 0.261 e. The van der Waals surface area contributed by atoms with Crippen molar-refractivity contribution in [1.29, 1.82) is 0 Å². The second kappa shape index (κ2) is 8.49. The quantitative estimate of drug-likeness (QED) is 0.647. The van der Waals surface area contributed by atoms with E-state index in [0.29, 0.717) is 35.5 Å². The number of carbonyl (C=O) groups excluding carboxylic acids is 3. The van der Waals surface area contributed by atoms with Gasteiger partial charge in [-0.3, -0.25) is 19.2 Å². The van der Waals surface area contributed by atoms with Crippen LogP contribution in [0.1, 0.15) is 52.5 Å². The van der Waals surface area contributed by atoms with Crippen LogP contribution in [0, 0.1) is 12.8 Å². The van der Waals surface area contributed by atoms with E-state index in [2.05, 4.69) is 10.3 Å². The fourth-order valence-corrected chi connectivity index (χ4v) is 4.49. The van der Waals surface area contributed by atoms with Crippen molar-refractivity contribution in [2.75, 3.05) is 18.6 Å². The van der Waals surface area contributed by atoms with Crippen LogP contribution in [0.2, 0.25) is 0 Å². The van der Waals surface area contributed by atoms with E-state index in [4.69, 9.17) is 10.5 Å². The van der Waals surface area contributed by atoms with Crippen molar-refractivity contribution in [3.63, 3.8) is 0 Å².